The standard InChI is InChI=1S/C35H47ClN2O6S/c1-4-28-9-5-6-17-35(22-39,43-3)30-13-10-26(30)20-38-21-34(16-7-8-24-18-27(36)12-14-29(24)34)23(2)44-32-15-11-25(19-31(32)38)33(40)37-45(28,41)42/h11-12,14-15,18-19,23,26,28,30,39H,4-10,13,16-17,20-22H2,1-3H3,(H,37,40)/t23?,26-,28+,30+,34-,35+/m0/s1. The van der Waals surface area contributed by atoms with Crippen LogP contribution in [0.2, 0.25) is 5.02 Å². The highest BCUT2D eigenvalue weighted by atomic mass is 35.5. The van der Waals surface area contributed by atoms with Crippen LogP contribution in [0.15, 0.2) is 36.4 Å². The molecular weight excluding hydrogens is 612 g/mol. The van der Waals surface area contributed by atoms with E-state index in [1.807, 2.05) is 19.1 Å². The lowest BCUT2D eigenvalue weighted by Crippen LogP contribution is -2.56. The quantitative estimate of drug-likeness (QED) is 0.416. The number of fused-ring (bicyclic) bond motifs is 4. The predicted molar refractivity (Wildman–Crippen MR) is 177 cm³/mol. The first-order chi connectivity index (χ1) is 21.6. The number of methoxy groups -OCH3 is 1. The number of carbonyl (C=O) groups is 1. The number of ether oxygens (including phenoxy) is 2. The Morgan fingerprint density at radius 1 is 1.11 bits per heavy atom. The lowest BCUT2D eigenvalue weighted by Gasteiger charge is -2.51. The summed E-state index contributed by atoms with van der Waals surface area (Å²) < 4.78 is 42.1. The van der Waals surface area contributed by atoms with Crippen LogP contribution >= 0.6 is 11.6 Å². The van der Waals surface area contributed by atoms with Crippen molar-refractivity contribution >= 4 is 33.2 Å². The van der Waals surface area contributed by atoms with Crippen molar-refractivity contribution < 1.29 is 27.8 Å². The van der Waals surface area contributed by atoms with Crippen LogP contribution in [0.25, 0.3) is 0 Å². The zero-order valence-electron chi connectivity index (χ0n) is 26.7. The maximum absolute atomic E-state index is 13.5. The Morgan fingerprint density at radius 3 is 2.64 bits per heavy atom. The van der Waals surface area contributed by atoms with E-state index in [0.29, 0.717) is 50.1 Å². The zero-order chi connectivity index (χ0) is 32.0. The first-order valence-electron chi connectivity index (χ1n) is 16.6. The van der Waals surface area contributed by atoms with Crippen LogP contribution in [0, 0.1) is 11.8 Å². The molecule has 1 unspecified atom stereocenters. The van der Waals surface area contributed by atoms with Crippen molar-refractivity contribution in [1.82, 2.24) is 4.72 Å². The molecule has 0 radical (unpaired) electrons. The van der Waals surface area contributed by atoms with Gasteiger partial charge in [-0.3, -0.25) is 4.79 Å². The van der Waals surface area contributed by atoms with Crippen LogP contribution in [-0.2, 0) is 26.6 Å². The van der Waals surface area contributed by atoms with Crippen LogP contribution in [0.5, 0.6) is 5.75 Å². The molecule has 10 heteroatoms. The van der Waals surface area contributed by atoms with Gasteiger partial charge in [-0.1, -0.05) is 37.4 Å². The summed E-state index contributed by atoms with van der Waals surface area (Å²) in [6, 6.07) is 11.5. The van der Waals surface area contributed by atoms with Crippen LogP contribution < -0.4 is 14.4 Å². The maximum Gasteiger partial charge on any atom is 0.264 e. The summed E-state index contributed by atoms with van der Waals surface area (Å²) >= 11 is 6.45. The molecule has 6 rings (SSSR count). The average molecular weight is 659 g/mol. The van der Waals surface area contributed by atoms with Crippen molar-refractivity contribution in [2.45, 2.75) is 100 Å². The van der Waals surface area contributed by atoms with Crippen molar-refractivity contribution in [2.24, 2.45) is 11.8 Å². The highest BCUT2D eigenvalue weighted by Crippen LogP contribution is 2.51. The van der Waals surface area contributed by atoms with Gasteiger partial charge in [0.15, 0.2) is 0 Å². The third-order valence-corrected chi connectivity index (χ3v) is 13.7. The molecular formula is C35H47ClN2O6S. The molecule has 4 aliphatic rings. The minimum Gasteiger partial charge on any atom is -0.488 e. The lowest BCUT2D eigenvalue weighted by molar-refractivity contribution is -0.141. The number of amides is 1. The molecule has 2 N–H and O–H groups in total. The third-order valence-electron chi connectivity index (χ3n) is 11.5. The van der Waals surface area contributed by atoms with Crippen LogP contribution in [0.3, 0.4) is 0 Å². The van der Waals surface area contributed by atoms with E-state index in [0.717, 1.165) is 49.2 Å². The molecule has 1 saturated carbocycles. The third kappa shape index (κ3) is 5.87. The second kappa shape index (κ2) is 12.7. The number of aryl methyl sites for hydroxylation is 1. The van der Waals surface area contributed by atoms with Gasteiger partial charge in [0.1, 0.15) is 11.9 Å². The molecule has 2 aromatic carbocycles. The van der Waals surface area contributed by atoms with Crippen molar-refractivity contribution in [2.75, 3.05) is 31.7 Å². The number of halogens is 1. The van der Waals surface area contributed by atoms with Crippen molar-refractivity contribution in [3.8, 4) is 5.75 Å². The van der Waals surface area contributed by atoms with Crippen LogP contribution in [0.1, 0.15) is 93.1 Å². The van der Waals surface area contributed by atoms with Crippen molar-refractivity contribution in [3.63, 3.8) is 0 Å². The number of benzene rings is 2. The number of aliphatic hydroxyl groups is 1. The largest absolute Gasteiger partial charge is 0.488 e. The van der Waals surface area contributed by atoms with Crippen molar-refractivity contribution in [3.05, 3.63) is 58.1 Å². The average Bonchev–Trinajstić information content (AvgIpc) is 3.11. The summed E-state index contributed by atoms with van der Waals surface area (Å²) in [5, 5.41) is 10.8. The fourth-order valence-corrected chi connectivity index (χ4v) is 10.4. The van der Waals surface area contributed by atoms with Gasteiger partial charge in [-0.15, -0.1) is 0 Å². The molecule has 1 spiro atoms. The van der Waals surface area contributed by atoms with Crippen molar-refractivity contribution in [1.29, 1.82) is 0 Å². The summed E-state index contributed by atoms with van der Waals surface area (Å²) in [5.74, 6) is 0.505. The monoisotopic (exact) mass is 658 g/mol. The number of carbonyl (C=O) groups excluding carboxylic acids is 1. The molecule has 0 aromatic heterocycles. The second-order valence-corrected chi connectivity index (χ2v) is 16.2. The number of nitrogens with one attached hydrogen (secondary N) is 1. The Hall–Kier alpha value is -2.33. The van der Waals surface area contributed by atoms with Gasteiger partial charge < -0.3 is 19.5 Å². The number of hydrogen-bond donors (Lipinski definition) is 2. The number of anilines is 1. The number of rotatable bonds is 3. The van der Waals surface area contributed by atoms with Crippen LogP contribution in [-0.4, -0.2) is 63.2 Å². The molecule has 2 aromatic rings. The van der Waals surface area contributed by atoms with E-state index in [2.05, 4.69) is 28.7 Å². The molecule has 246 valence electrons. The van der Waals surface area contributed by atoms with Gasteiger partial charge in [0.25, 0.3) is 5.91 Å². The summed E-state index contributed by atoms with van der Waals surface area (Å²) in [6.07, 6.45) is 7.66. The SMILES string of the molecule is CC[C@@H]1CCCC[C@](CO)(OC)[C@@H]2CC[C@H]2CN2C[C@@]3(CCCc4cc(Cl)ccc43)C(C)Oc3ccc(cc32)C(=O)NS1(=O)=O. The topological polar surface area (TPSA) is 105 Å². The molecule has 1 amide bonds. The number of sulfonamides is 1. The zero-order valence-corrected chi connectivity index (χ0v) is 28.3. The van der Waals surface area contributed by atoms with E-state index < -0.39 is 26.8 Å². The molecule has 45 heavy (non-hydrogen) atoms. The molecule has 8 nitrogen and oxygen atoms in total. The molecule has 1 fully saturated rings. The van der Waals surface area contributed by atoms with E-state index in [1.54, 1.807) is 19.2 Å². The summed E-state index contributed by atoms with van der Waals surface area (Å²) in [6.45, 7) is 5.29. The number of hydrogen-bond acceptors (Lipinski definition) is 7. The number of aliphatic hydroxyl groups excluding tert-OH is 1. The highest BCUT2D eigenvalue weighted by molar-refractivity contribution is 7.90. The molecule has 2 aliphatic carbocycles. The fraction of sp³-hybridized carbons (Fsp3) is 0.629. The Morgan fingerprint density at radius 2 is 1.93 bits per heavy atom. The Labute approximate surface area is 272 Å². The van der Waals surface area contributed by atoms with Gasteiger partial charge in [-0.2, -0.15) is 0 Å². The predicted octanol–water partition coefficient (Wildman–Crippen LogP) is 6.02. The second-order valence-electron chi connectivity index (χ2n) is 13.8. The highest BCUT2D eigenvalue weighted by Gasteiger charge is 2.51. The van der Waals surface area contributed by atoms with Gasteiger partial charge in [0.05, 0.1) is 23.1 Å². The van der Waals surface area contributed by atoms with E-state index in [9.17, 15) is 18.3 Å². The Balaban J connectivity index is 1.46. The molecule has 2 heterocycles. The number of nitrogens with zero attached hydrogens (tertiary/aromatic N) is 1. The molecule has 0 saturated heterocycles. The normalized spacial score (nSPS) is 33.2. The summed E-state index contributed by atoms with van der Waals surface area (Å²) in [5.41, 5.74) is 2.60. The molecule has 6 atom stereocenters. The van der Waals surface area contributed by atoms with Gasteiger partial charge >= 0.3 is 0 Å². The van der Waals surface area contributed by atoms with E-state index >= 15 is 0 Å². The van der Waals surface area contributed by atoms with E-state index in [1.165, 1.54) is 11.1 Å². The Kier molecular flexibility index (Phi) is 9.20. The summed E-state index contributed by atoms with van der Waals surface area (Å²) in [7, 11) is -2.20. The maximum atomic E-state index is 13.5. The minimum absolute atomic E-state index is 0.0742. The van der Waals surface area contributed by atoms with Crippen LogP contribution in [0.4, 0.5) is 5.69 Å². The minimum atomic E-state index is -3.89. The van der Waals surface area contributed by atoms with E-state index in [4.69, 9.17) is 21.1 Å². The van der Waals surface area contributed by atoms with Gasteiger partial charge in [0.2, 0.25) is 10.0 Å². The molecule has 2 aliphatic heterocycles. The fourth-order valence-electron chi connectivity index (χ4n) is 8.71. The first kappa shape index (κ1) is 32.6. The van der Waals surface area contributed by atoms with Gasteiger partial charge in [-0.05, 0) is 112 Å². The first-order valence-corrected chi connectivity index (χ1v) is 18.5. The molecule has 2 bridgehead atoms. The van der Waals surface area contributed by atoms with E-state index in [-0.39, 0.29) is 30.0 Å². The lowest BCUT2D eigenvalue weighted by atomic mass is 9.62. The van der Waals surface area contributed by atoms with Gasteiger partial charge in [-0.25, -0.2) is 13.1 Å². The Bertz CT molecular complexity index is 1530. The smallest absolute Gasteiger partial charge is 0.264 e. The van der Waals surface area contributed by atoms with Gasteiger partial charge in [0, 0.05) is 36.2 Å². The summed E-state index contributed by atoms with van der Waals surface area (Å²) in [4.78, 5) is 15.9.